The smallest absolute Gasteiger partial charge is 0.205 e. The molecule has 1 aliphatic carbocycles. The molecule has 1 aromatic heterocycles. The molecule has 5 nitrogen and oxygen atoms in total. The second-order valence-corrected chi connectivity index (χ2v) is 5.37. The monoisotopic (exact) mass is 271 g/mol. The number of fused-ring (bicyclic) bond motifs is 1. The Hall–Kier alpha value is -2.01. The zero-order chi connectivity index (χ0) is 14.3. The van der Waals surface area contributed by atoms with Crippen LogP contribution in [0.3, 0.4) is 0 Å². The van der Waals surface area contributed by atoms with Gasteiger partial charge in [0.15, 0.2) is 5.78 Å². The molecule has 0 bridgehead atoms. The number of anilines is 1. The predicted molar refractivity (Wildman–Crippen MR) is 76.5 cm³/mol. The lowest BCUT2D eigenvalue weighted by Gasteiger charge is -2.33. The number of hydrogen-bond acceptors (Lipinski definition) is 5. The van der Waals surface area contributed by atoms with E-state index in [2.05, 4.69) is 21.8 Å². The second kappa shape index (κ2) is 4.83. The minimum atomic E-state index is -0.182. The summed E-state index contributed by atoms with van der Waals surface area (Å²) in [5.41, 5.74) is 1.58. The Morgan fingerprint density at radius 3 is 2.40 bits per heavy atom. The van der Waals surface area contributed by atoms with Crippen LogP contribution in [-0.4, -0.2) is 54.7 Å². The number of aryl methyl sites for hydroxylation is 1. The van der Waals surface area contributed by atoms with E-state index in [1.54, 1.807) is 0 Å². The lowest BCUT2D eigenvalue weighted by molar-refractivity contribution is 0.0990. The first-order chi connectivity index (χ1) is 9.56. The van der Waals surface area contributed by atoms with Gasteiger partial charge in [-0.3, -0.25) is 9.59 Å². The van der Waals surface area contributed by atoms with Crippen molar-refractivity contribution >= 4 is 17.4 Å². The summed E-state index contributed by atoms with van der Waals surface area (Å²) in [7, 11) is 2.09. The Balaban J connectivity index is 2.00. The largest absolute Gasteiger partial charge is 0.354 e. The Kier molecular flexibility index (Phi) is 3.14. The molecule has 2 heterocycles. The van der Waals surface area contributed by atoms with Crippen molar-refractivity contribution in [3.05, 3.63) is 35.0 Å². The van der Waals surface area contributed by atoms with E-state index in [0.717, 1.165) is 37.6 Å². The number of carbonyl (C=O) groups excluding carboxylic acids is 2. The van der Waals surface area contributed by atoms with E-state index in [0.29, 0.717) is 11.3 Å². The summed E-state index contributed by atoms with van der Waals surface area (Å²) in [5.74, 6) is 0.485. The number of hydrogen-bond donors (Lipinski definition) is 0. The predicted octanol–water partition coefficient (Wildman–Crippen LogP) is 1.08. The molecule has 3 rings (SSSR count). The van der Waals surface area contributed by atoms with Crippen LogP contribution in [0, 0.1) is 6.92 Å². The quantitative estimate of drug-likeness (QED) is 0.765. The van der Waals surface area contributed by atoms with Crippen LogP contribution in [0.1, 0.15) is 26.4 Å². The van der Waals surface area contributed by atoms with Gasteiger partial charge in [-0.05, 0) is 37.8 Å². The van der Waals surface area contributed by atoms with Crippen molar-refractivity contribution in [1.29, 1.82) is 0 Å². The number of rotatable bonds is 1. The molecular weight excluding hydrogens is 254 g/mol. The first kappa shape index (κ1) is 13.0. The van der Waals surface area contributed by atoms with Crippen molar-refractivity contribution in [3.63, 3.8) is 0 Å². The summed E-state index contributed by atoms with van der Waals surface area (Å²) < 4.78 is 0. The first-order valence-electron chi connectivity index (χ1n) is 6.78. The van der Waals surface area contributed by atoms with Gasteiger partial charge in [0.1, 0.15) is 11.5 Å². The van der Waals surface area contributed by atoms with E-state index in [-0.39, 0.29) is 11.6 Å². The maximum absolute atomic E-state index is 11.9. The fraction of sp³-hybridized carbons (Fsp3) is 0.400. The van der Waals surface area contributed by atoms with Crippen LogP contribution in [0.4, 0.5) is 5.82 Å². The molecule has 1 saturated heterocycles. The molecular formula is C15H17N3O2. The SMILES string of the molecule is Cc1cc(N2CCN(C)CC2)nc2c1C(=O)C=CC2=O. The van der Waals surface area contributed by atoms with Gasteiger partial charge in [-0.15, -0.1) is 0 Å². The number of pyridine rings is 1. The van der Waals surface area contributed by atoms with E-state index < -0.39 is 0 Å². The van der Waals surface area contributed by atoms with Gasteiger partial charge in [0.25, 0.3) is 0 Å². The Morgan fingerprint density at radius 2 is 1.70 bits per heavy atom. The summed E-state index contributed by atoms with van der Waals surface area (Å²) in [6.45, 7) is 5.60. The molecule has 5 heteroatoms. The summed E-state index contributed by atoms with van der Waals surface area (Å²) >= 11 is 0. The van der Waals surface area contributed by atoms with Crippen LogP contribution in [0.25, 0.3) is 0 Å². The van der Waals surface area contributed by atoms with Gasteiger partial charge in [-0.25, -0.2) is 4.98 Å². The highest BCUT2D eigenvalue weighted by atomic mass is 16.1. The first-order valence-corrected chi connectivity index (χ1v) is 6.78. The van der Waals surface area contributed by atoms with Crippen LogP contribution in [0.15, 0.2) is 18.2 Å². The van der Waals surface area contributed by atoms with Gasteiger partial charge in [0, 0.05) is 26.2 Å². The zero-order valence-corrected chi connectivity index (χ0v) is 11.7. The Labute approximate surface area is 117 Å². The summed E-state index contributed by atoms with van der Waals surface area (Å²) in [6.07, 6.45) is 2.64. The van der Waals surface area contributed by atoms with E-state index in [1.807, 2.05) is 13.0 Å². The summed E-state index contributed by atoms with van der Waals surface area (Å²) in [5, 5.41) is 0. The van der Waals surface area contributed by atoms with Crippen LogP contribution in [-0.2, 0) is 0 Å². The van der Waals surface area contributed by atoms with Crippen molar-refractivity contribution in [2.45, 2.75) is 6.92 Å². The average molecular weight is 271 g/mol. The van der Waals surface area contributed by atoms with E-state index in [9.17, 15) is 9.59 Å². The molecule has 0 saturated carbocycles. The lowest BCUT2D eigenvalue weighted by Crippen LogP contribution is -2.45. The third-order valence-electron chi connectivity index (χ3n) is 3.90. The highest BCUT2D eigenvalue weighted by molar-refractivity contribution is 6.21. The molecule has 1 fully saturated rings. The van der Waals surface area contributed by atoms with Gasteiger partial charge in [0.2, 0.25) is 5.78 Å². The molecule has 20 heavy (non-hydrogen) atoms. The molecule has 0 aromatic carbocycles. The van der Waals surface area contributed by atoms with E-state index in [4.69, 9.17) is 0 Å². The number of nitrogens with zero attached hydrogens (tertiary/aromatic N) is 3. The highest BCUT2D eigenvalue weighted by Crippen LogP contribution is 2.24. The molecule has 1 aliphatic heterocycles. The van der Waals surface area contributed by atoms with Gasteiger partial charge in [-0.2, -0.15) is 0 Å². The van der Waals surface area contributed by atoms with Crippen molar-refractivity contribution < 1.29 is 9.59 Å². The van der Waals surface area contributed by atoms with Gasteiger partial charge in [-0.1, -0.05) is 0 Å². The zero-order valence-electron chi connectivity index (χ0n) is 11.7. The maximum Gasteiger partial charge on any atom is 0.205 e. The lowest BCUT2D eigenvalue weighted by atomic mass is 9.95. The second-order valence-electron chi connectivity index (χ2n) is 5.37. The maximum atomic E-state index is 11.9. The summed E-state index contributed by atoms with van der Waals surface area (Å²) in [4.78, 5) is 32.7. The van der Waals surface area contributed by atoms with Crippen LogP contribution >= 0.6 is 0 Å². The van der Waals surface area contributed by atoms with Crippen molar-refractivity contribution in [1.82, 2.24) is 9.88 Å². The number of allylic oxidation sites excluding steroid dienone is 2. The minimum Gasteiger partial charge on any atom is -0.354 e. The molecule has 104 valence electrons. The molecule has 2 aliphatic rings. The van der Waals surface area contributed by atoms with Crippen LogP contribution in [0.2, 0.25) is 0 Å². The van der Waals surface area contributed by atoms with Crippen molar-refractivity contribution in [2.24, 2.45) is 0 Å². The molecule has 0 N–H and O–H groups in total. The van der Waals surface area contributed by atoms with Gasteiger partial charge >= 0.3 is 0 Å². The standard InChI is InChI=1S/C15H17N3O2/c1-10-9-13(18-7-5-17(2)6-8-18)16-15-12(20)4-3-11(19)14(10)15/h3-4,9H,5-8H2,1-2H3. The molecule has 0 spiro atoms. The molecule has 0 radical (unpaired) electrons. The number of likely N-dealkylation sites (N-methyl/N-ethyl adjacent to an activating group) is 1. The van der Waals surface area contributed by atoms with Crippen molar-refractivity contribution in [2.75, 3.05) is 38.1 Å². The summed E-state index contributed by atoms with van der Waals surface area (Å²) in [6, 6.07) is 1.91. The topological polar surface area (TPSA) is 53.5 Å². The average Bonchev–Trinajstić information content (AvgIpc) is 2.43. The number of ketones is 2. The van der Waals surface area contributed by atoms with Crippen LogP contribution in [0.5, 0.6) is 0 Å². The third-order valence-corrected chi connectivity index (χ3v) is 3.90. The van der Waals surface area contributed by atoms with Crippen LogP contribution < -0.4 is 4.90 Å². The highest BCUT2D eigenvalue weighted by Gasteiger charge is 2.25. The van der Waals surface area contributed by atoms with Gasteiger partial charge < -0.3 is 9.80 Å². The third kappa shape index (κ3) is 2.14. The Morgan fingerprint density at radius 1 is 1.05 bits per heavy atom. The van der Waals surface area contributed by atoms with E-state index >= 15 is 0 Å². The van der Waals surface area contributed by atoms with Crippen molar-refractivity contribution in [3.8, 4) is 0 Å². The van der Waals surface area contributed by atoms with Gasteiger partial charge in [0.05, 0.1) is 5.56 Å². The molecule has 1 aromatic rings. The molecule has 0 atom stereocenters. The minimum absolute atomic E-state index is 0.130. The molecule has 0 amide bonds. The number of piperazine rings is 1. The Bertz CT molecular complexity index is 614. The fourth-order valence-electron chi connectivity index (χ4n) is 2.66. The van der Waals surface area contributed by atoms with E-state index in [1.165, 1.54) is 12.2 Å². The number of carbonyl (C=O) groups is 2. The normalized spacial score (nSPS) is 19.4. The molecule has 0 unspecified atom stereocenters. The number of aromatic nitrogens is 1. The fourth-order valence-corrected chi connectivity index (χ4v) is 2.66.